The van der Waals surface area contributed by atoms with Crippen LogP contribution in [0, 0.1) is 0 Å². The molecule has 3 heterocycles. The minimum atomic E-state index is 0.432. The second-order valence-corrected chi connectivity index (χ2v) is 2.54. The number of hydrogen-bond donors (Lipinski definition) is 0. The Kier molecular flexibility index (Phi) is 0.678. The SMILES string of the molecule is C[C@H]1C[C@@H]2CC(=N2)O1. The second kappa shape index (κ2) is 1.24. The molecule has 0 aromatic heterocycles. The van der Waals surface area contributed by atoms with Crippen LogP contribution in [0.2, 0.25) is 0 Å². The van der Waals surface area contributed by atoms with E-state index >= 15 is 0 Å². The zero-order chi connectivity index (χ0) is 5.56. The zero-order valence-corrected chi connectivity index (χ0v) is 4.92. The van der Waals surface area contributed by atoms with Crippen molar-refractivity contribution >= 4 is 5.90 Å². The first-order chi connectivity index (χ1) is 3.84. The third kappa shape index (κ3) is 0.457. The van der Waals surface area contributed by atoms with Gasteiger partial charge < -0.3 is 4.74 Å². The van der Waals surface area contributed by atoms with Crippen molar-refractivity contribution in [1.29, 1.82) is 0 Å². The number of rotatable bonds is 0. The van der Waals surface area contributed by atoms with Crippen molar-refractivity contribution in [2.24, 2.45) is 4.99 Å². The van der Waals surface area contributed by atoms with Gasteiger partial charge in [0.2, 0.25) is 0 Å². The Bertz CT molecular complexity index is 141. The first-order valence-corrected chi connectivity index (χ1v) is 3.08. The Labute approximate surface area is 48.6 Å². The molecule has 2 bridgehead atoms. The molecule has 0 amide bonds. The summed E-state index contributed by atoms with van der Waals surface area (Å²) in [6, 6.07) is 0.619. The lowest BCUT2D eigenvalue weighted by Crippen LogP contribution is -2.38. The summed E-state index contributed by atoms with van der Waals surface area (Å²) >= 11 is 0. The predicted molar refractivity (Wildman–Crippen MR) is 31.0 cm³/mol. The summed E-state index contributed by atoms with van der Waals surface area (Å²) in [7, 11) is 0. The van der Waals surface area contributed by atoms with Crippen LogP contribution in [0.1, 0.15) is 19.8 Å². The number of nitrogens with zero attached hydrogens (tertiary/aromatic N) is 1. The van der Waals surface area contributed by atoms with Crippen molar-refractivity contribution in [1.82, 2.24) is 0 Å². The maximum atomic E-state index is 5.30. The maximum absolute atomic E-state index is 5.30. The number of hydrogen-bond acceptors (Lipinski definition) is 2. The molecule has 0 N–H and O–H groups in total. The lowest BCUT2D eigenvalue weighted by molar-refractivity contribution is 0.129. The van der Waals surface area contributed by atoms with E-state index in [2.05, 4.69) is 11.9 Å². The Morgan fingerprint density at radius 3 is 2.75 bits per heavy atom. The highest BCUT2D eigenvalue weighted by Crippen LogP contribution is 2.26. The van der Waals surface area contributed by atoms with Gasteiger partial charge in [-0.2, -0.15) is 0 Å². The molecule has 0 radical (unpaired) electrons. The van der Waals surface area contributed by atoms with Crippen molar-refractivity contribution in [2.75, 3.05) is 0 Å². The van der Waals surface area contributed by atoms with Gasteiger partial charge in [0.1, 0.15) is 0 Å². The highest BCUT2D eigenvalue weighted by molar-refractivity contribution is 5.82. The van der Waals surface area contributed by atoms with Crippen molar-refractivity contribution in [3.05, 3.63) is 0 Å². The first-order valence-electron chi connectivity index (χ1n) is 3.08. The van der Waals surface area contributed by atoms with Crippen LogP contribution >= 0.6 is 0 Å². The molecular formula is C6H9NO. The van der Waals surface area contributed by atoms with Gasteiger partial charge in [0.15, 0.2) is 5.90 Å². The Balaban J connectivity index is 2.14. The highest BCUT2D eigenvalue weighted by Gasteiger charge is 2.31. The van der Waals surface area contributed by atoms with E-state index in [1.807, 2.05) is 0 Å². The van der Waals surface area contributed by atoms with Gasteiger partial charge >= 0.3 is 0 Å². The van der Waals surface area contributed by atoms with Crippen LogP contribution in [-0.4, -0.2) is 18.0 Å². The largest absolute Gasteiger partial charge is 0.478 e. The highest BCUT2D eigenvalue weighted by atomic mass is 16.5. The van der Waals surface area contributed by atoms with Gasteiger partial charge in [0.05, 0.1) is 12.1 Å². The minimum Gasteiger partial charge on any atom is -0.478 e. The van der Waals surface area contributed by atoms with E-state index in [4.69, 9.17) is 4.74 Å². The van der Waals surface area contributed by atoms with E-state index in [9.17, 15) is 0 Å². The smallest absolute Gasteiger partial charge is 0.185 e. The molecule has 0 aromatic rings. The normalized spacial score (nSPS) is 41.9. The summed E-state index contributed by atoms with van der Waals surface area (Å²) in [5, 5.41) is 0. The summed E-state index contributed by atoms with van der Waals surface area (Å²) in [5.41, 5.74) is 0. The second-order valence-electron chi connectivity index (χ2n) is 2.54. The summed E-state index contributed by atoms with van der Waals surface area (Å²) in [5.74, 6) is 0.980. The monoisotopic (exact) mass is 111 g/mol. The fourth-order valence-corrected chi connectivity index (χ4v) is 1.27. The molecule has 3 aliphatic heterocycles. The van der Waals surface area contributed by atoms with Crippen LogP contribution in [0.5, 0.6) is 0 Å². The molecule has 1 fully saturated rings. The van der Waals surface area contributed by atoms with Gasteiger partial charge in [-0.3, -0.25) is 4.99 Å². The van der Waals surface area contributed by atoms with Crippen molar-refractivity contribution < 1.29 is 4.74 Å². The van der Waals surface area contributed by atoms with Crippen LogP contribution in [0.4, 0.5) is 0 Å². The lowest BCUT2D eigenvalue weighted by atomic mass is 9.99. The molecule has 3 rings (SSSR count). The summed E-state index contributed by atoms with van der Waals surface area (Å²) < 4.78 is 5.30. The molecule has 0 saturated carbocycles. The Morgan fingerprint density at radius 1 is 1.75 bits per heavy atom. The lowest BCUT2D eigenvalue weighted by Gasteiger charge is -2.34. The molecule has 2 nitrogen and oxygen atoms in total. The van der Waals surface area contributed by atoms with E-state index in [1.165, 1.54) is 0 Å². The minimum absolute atomic E-state index is 0.432. The van der Waals surface area contributed by atoms with E-state index in [-0.39, 0.29) is 0 Å². The summed E-state index contributed by atoms with van der Waals surface area (Å²) in [4.78, 5) is 4.17. The van der Waals surface area contributed by atoms with Gasteiger partial charge in [0, 0.05) is 12.8 Å². The van der Waals surface area contributed by atoms with E-state index in [0.29, 0.717) is 12.1 Å². The van der Waals surface area contributed by atoms with Gasteiger partial charge in [-0.05, 0) is 6.92 Å². The predicted octanol–water partition coefficient (Wildman–Crippen LogP) is 0.966. The van der Waals surface area contributed by atoms with E-state index in [0.717, 1.165) is 18.7 Å². The quantitative estimate of drug-likeness (QED) is 0.456. The van der Waals surface area contributed by atoms with Crippen molar-refractivity contribution in [2.45, 2.75) is 31.9 Å². The molecule has 3 aliphatic rings. The average Bonchev–Trinajstić information content (AvgIpc) is 1.62. The summed E-state index contributed by atoms with van der Waals surface area (Å²) in [6.45, 7) is 2.10. The van der Waals surface area contributed by atoms with Gasteiger partial charge in [-0.1, -0.05) is 0 Å². The fourth-order valence-electron chi connectivity index (χ4n) is 1.27. The zero-order valence-electron chi connectivity index (χ0n) is 4.92. The van der Waals surface area contributed by atoms with Crippen LogP contribution < -0.4 is 0 Å². The maximum Gasteiger partial charge on any atom is 0.185 e. The van der Waals surface area contributed by atoms with Crippen LogP contribution in [0.15, 0.2) is 4.99 Å². The Hall–Kier alpha value is -0.530. The molecule has 2 atom stereocenters. The van der Waals surface area contributed by atoms with Crippen LogP contribution in [-0.2, 0) is 4.74 Å². The van der Waals surface area contributed by atoms with Crippen molar-refractivity contribution in [3.63, 3.8) is 0 Å². The van der Waals surface area contributed by atoms with E-state index in [1.54, 1.807) is 0 Å². The first kappa shape index (κ1) is 4.36. The molecule has 1 saturated heterocycles. The van der Waals surface area contributed by atoms with E-state index < -0.39 is 0 Å². The average molecular weight is 111 g/mol. The topological polar surface area (TPSA) is 21.6 Å². The van der Waals surface area contributed by atoms with Gasteiger partial charge in [-0.15, -0.1) is 0 Å². The standard InChI is InChI=1S/C6H9NO/c1-4-2-5-3-6(7-5)8-4/h4-5H,2-3H2,1H3/t4-,5+/m0/s1. The number of aliphatic imine (C=N–C) groups is 1. The molecule has 44 valence electrons. The van der Waals surface area contributed by atoms with Crippen LogP contribution in [0.3, 0.4) is 0 Å². The third-order valence-electron chi connectivity index (χ3n) is 1.68. The van der Waals surface area contributed by atoms with Gasteiger partial charge in [0.25, 0.3) is 0 Å². The summed E-state index contributed by atoms with van der Waals surface area (Å²) in [6.07, 6.45) is 2.66. The molecule has 2 heteroatoms. The molecule has 0 aromatic carbocycles. The molecule has 0 aliphatic carbocycles. The van der Waals surface area contributed by atoms with Crippen LogP contribution in [0.25, 0.3) is 0 Å². The molecular weight excluding hydrogens is 102 g/mol. The fraction of sp³-hybridized carbons (Fsp3) is 0.833. The van der Waals surface area contributed by atoms with Gasteiger partial charge in [-0.25, -0.2) is 0 Å². The molecule has 8 heavy (non-hydrogen) atoms. The van der Waals surface area contributed by atoms with Crippen molar-refractivity contribution in [3.8, 4) is 0 Å². The number of ether oxygens (including phenoxy) is 1. The Morgan fingerprint density at radius 2 is 2.50 bits per heavy atom. The third-order valence-corrected chi connectivity index (χ3v) is 1.68. The molecule has 0 spiro atoms. The molecule has 0 unspecified atom stereocenters. The number of fused-ring (bicyclic) bond motifs is 2.